The molecule has 1 heterocycles. The molecule has 17 heavy (non-hydrogen) atoms. The van der Waals surface area contributed by atoms with E-state index >= 15 is 0 Å². The maximum Gasteiger partial charge on any atom is 0.240 e. The number of hydrogen-bond donors (Lipinski definition) is 1. The highest BCUT2D eigenvalue weighted by molar-refractivity contribution is 5.83. The second kappa shape index (κ2) is 4.98. The van der Waals surface area contributed by atoms with Crippen LogP contribution in [0.4, 0.5) is 0 Å². The number of likely N-dealkylation sites (tertiary alicyclic amines) is 1. The van der Waals surface area contributed by atoms with Crippen LogP contribution >= 0.6 is 0 Å². The lowest BCUT2D eigenvalue weighted by Gasteiger charge is -2.16. The average molecular weight is 229 g/mol. The number of nitrogens with one attached hydrogen (secondary N) is 1. The Labute approximate surface area is 101 Å². The minimum absolute atomic E-state index is 0.0471. The molecule has 1 aliphatic rings. The van der Waals surface area contributed by atoms with Crippen molar-refractivity contribution >= 4 is 5.91 Å². The second-order valence-corrected chi connectivity index (χ2v) is 4.20. The zero-order valence-electron chi connectivity index (χ0n) is 9.81. The molecule has 0 bridgehead atoms. The Morgan fingerprint density at radius 1 is 1.59 bits per heavy atom. The first-order valence-corrected chi connectivity index (χ1v) is 5.69. The monoisotopic (exact) mass is 229 g/mol. The number of amides is 1. The van der Waals surface area contributed by atoms with Crippen LogP contribution in [0.15, 0.2) is 24.3 Å². The van der Waals surface area contributed by atoms with Crippen molar-refractivity contribution in [1.82, 2.24) is 10.2 Å². The molecule has 1 aromatic rings. The van der Waals surface area contributed by atoms with Gasteiger partial charge in [-0.2, -0.15) is 5.26 Å². The smallest absolute Gasteiger partial charge is 0.240 e. The molecule has 1 aromatic carbocycles. The SMILES string of the molecule is CN[C@H]1CCN(Cc2cccc(C#N)c2)C1=O. The van der Waals surface area contributed by atoms with Gasteiger partial charge in [-0.3, -0.25) is 4.79 Å². The van der Waals surface area contributed by atoms with E-state index in [1.807, 2.05) is 30.1 Å². The number of likely N-dealkylation sites (N-methyl/N-ethyl adjacent to an activating group) is 1. The molecule has 4 heteroatoms. The van der Waals surface area contributed by atoms with Crippen molar-refractivity contribution in [2.45, 2.75) is 19.0 Å². The zero-order valence-corrected chi connectivity index (χ0v) is 9.81. The largest absolute Gasteiger partial charge is 0.337 e. The van der Waals surface area contributed by atoms with E-state index < -0.39 is 0 Å². The fourth-order valence-corrected chi connectivity index (χ4v) is 2.12. The first-order valence-electron chi connectivity index (χ1n) is 5.69. The third-order valence-corrected chi connectivity index (χ3v) is 3.08. The molecule has 1 aliphatic heterocycles. The molecular weight excluding hydrogens is 214 g/mol. The van der Waals surface area contributed by atoms with Crippen molar-refractivity contribution in [3.05, 3.63) is 35.4 Å². The minimum atomic E-state index is -0.0471. The summed E-state index contributed by atoms with van der Waals surface area (Å²) in [7, 11) is 1.81. The van der Waals surface area contributed by atoms with Crippen molar-refractivity contribution < 1.29 is 4.79 Å². The summed E-state index contributed by atoms with van der Waals surface area (Å²) in [6, 6.07) is 9.46. The number of carbonyl (C=O) groups is 1. The van der Waals surface area contributed by atoms with Gasteiger partial charge in [0.2, 0.25) is 5.91 Å². The Hall–Kier alpha value is -1.86. The number of hydrogen-bond acceptors (Lipinski definition) is 3. The van der Waals surface area contributed by atoms with Crippen LogP contribution < -0.4 is 5.32 Å². The first-order chi connectivity index (χ1) is 8.24. The maximum atomic E-state index is 11.9. The topological polar surface area (TPSA) is 56.1 Å². The van der Waals surface area contributed by atoms with Crippen LogP contribution in [0.5, 0.6) is 0 Å². The summed E-state index contributed by atoms with van der Waals surface area (Å²) in [5.41, 5.74) is 1.65. The number of rotatable bonds is 3. The van der Waals surface area contributed by atoms with E-state index in [1.165, 1.54) is 0 Å². The van der Waals surface area contributed by atoms with Gasteiger partial charge in [0.15, 0.2) is 0 Å². The molecule has 4 nitrogen and oxygen atoms in total. The predicted molar refractivity (Wildman–Crippen MR) is 64.0 cm³/mol. The Kier molecular flexibility index (Phi) is 3.40. The molecule has 2 rings (SSSR count). The Balaban J connectivity index is 2.07. The molecule has 0 saturated carbocycles. The van der Waals surface area contributed by atoms with Crippen LogP contribution in [0, 0.1) is 11.3 Å². The van der Waals surface area contributed by atoms with Crippen molar-refractivity contribution in [3.8, 4) is 6.07 Å². The van der Waals surface area contributed by atoms with Gasteiger partial charge >= 0.3 is 0 Å². The Bertz CT molecular complexity index is 464. The van der Waals surface area contributed by atoms with Gasteiger partial charge in [0.05, 0.1) is 17.7 Å². The summed E-state index contributed by atoms with van der Waals surface area (Å²) >= 11 is 0. The van der Waals surface area contributed by atoms with Gasteiger partial charge in [0.25, 0.3) is 0 Å². The van der Waals surface area contributed by atoms with Gasteiger partial charge < -0.3 is 10.2 Å². The summed E-state index contributed by atoms with van der Waals surface area (Å²) in [5.74, 6) is 0.148. The fraction of sp³-hybridized carbons (Fsp3) is 0.385. The van der Waals surface area contributed by atoms with Crippen LogP contribution in [0.3, 0.4) is 0 Å². The molecule has 1 amide bonds. The number of nitrogens with zero attached hydrogens (tertiary/aromatic N) is 2. The average Bonchev–Trinajstić information content (AvgIpc) is 2.71. The van der Waals surface area contributed by atoms with Crippen molar-refractivity contribution in [2.75, 3.05) is 13.6 Å². The number of benzene rings is 1. The third kappa shape index (κ3) is 2.45. The lowest BCUT2D eigenvalue weighted by molar-refractivity contribution is -0.129. The van der Waals surface area contributed by atoms with Gasteiger partial charge in [-0.1, -0.05) is 12.1 Å². The van der Waals surface area contributed by atoms with Crippen molar-refractivity contribution in [2.24, 2.45) is 0 Å². The Morgan fingerprint density at radius 2 is 2.41 bits per heavy atom. The van der Waals surface area contributed by atoms with Crippen molar-refractivity contribution in [3.63, 3.8) is 0 Å². The molecule has 88 valence electrons. The molecule has 0 aromatic heterocycles. The van der Waals surface area contributed by atoms with Crippen molar-refractivity contribution in [1.29, 1.82) is 5.26 Å². The normalized spacial score (nSPS) is 19.4. The molecule has 0 aliphatic carbocycles. The van der Waals surface area contributed by atoms with E-state index in [0.29, 0.717) is 12.1 Å². The molecule has 1 saturated heterocycles. The molecule has 0 radical (unpaired) electrons. The van der Waals surface area contributed by atoms with E-state index in [1.54, 1.807) is 6.07 Å². The minimum Gasteiger partial charge on any atom is -0.337 e. The summed E-state index contributed by atoms with van der Waals surface area (Å²) in [6.45, 7) is 1.37. The van der Waals surface area contributed by atoms with Gasteiger partial charge in [-0.15, -0.1) is 0 Å². The third-order valence-electron chi connectivity index (χ3n) is 3.08. The van der Waals surface area contributed by atoms with E-state index in [2.05, 4.69) is 11.4 Å². The predicted octanol–water partition coefficient (Wildman–Crippen LogP) is 0.879. The standard InChI is InChI=1S/C13H15N3O/c1-15-12-5-6-16(13(12)17)9-11-4-2-3-10(7-11)8-14/h2-4,7,12,15H,5-6,9H2,1H3/t12-/m0/s1. The van der Waals surface area contributed by atoms with Crippen LogP contribution in [-0.4, -0.2) is 30.4 Å². The molecule has 0 spiro atoms. The first kappa shape index (κ1) is 11.6. The molecule has 1 fully saturated rings. The summed E-state index contributed by atoms with van der Waals surface area (Å²) < 4.78 is 0. The lowest BCUT2D eigenvalue weighted by atomic mass is 10.1. The van der Waals surface area contributed by atoms with Crippen LogP contribution in [-0.2, 0) is 11.3 Å². The second-order valence-electron chi connectivity index (χ2n) is 4.20. The highest BCUT2D eigenvalue weighted by atomic mass is 16.2. The summed E-state index contributed by atoms with van der Waals surface area (Å²) in [6.07, 6.45) is 0.854. The maximum absolute atomic E-state index is 11.9. The van der Waals surface area contributed by atoms with Crippen LogP contribution in [0.25, 0.3) is 0 Å². The number of carbonyl (C=O) groups excluding carboxylic acids is 1. The van der Waals surface area contributed by atoms with E-state index in [-0.39, 0.29) is 11.9 Å². The Morgan fingerprint density at radius 3 is 3.06 bits per heavy atom. The fourth-order valence-electron chi connectivity index (χ4n) is 2.12. The van der Waals surface area contributed by atoms with Crippen LogP contribution in [0.1, 0.15) is 17.5 Å². The van der Waals surface area contributed by atoms with E-state index in [9.17, 15) is 4.79 Å². The van der Waals surface area contributed by atoms with Gasteiger partial charge in [-0.05, 0) is 31.2 Å². The highest BCUT2D eigenvalue weighted by Gasteiger charge is 2.29. The van der Waals surface area contributed by atoms with Gasteiger partial charge in [0.1, 0.15) is 0 Å². The van der Waals surface area contributed by atoms with E-state index in [4.69, 9.17) is 5.26 Å². The lowest BCUT2D eigenvalue weighted by Crippen LogP contribution is -2.35. The molecule has 1 atom stereocenters. The van der Waals surface area contributed by atoms with Crippen LogP contribution in [0.2, 0.25) is 0 Å². The van der Waals surface area contributed by atoms with E-state index in [0.717, 1.165) is 18.5 Å². The molecule has 1 N–H and O–H groups in total. The highest BCUT2D eigenvalue weighted by Crippen LogP contribution is 2.15. The summed E-state index contributed by atoms with van der Waals surface area (Å²) in [4.78, 5) is 13.7. The summed E-state index contributed by atoms with van der Waals surface area (Å²) in [5, 5.41) is 11.8. The van der Waals surface area contributed by atoms with Gasteiger partial charge in [-0.25, -0.2) is 0 Å². The quantitative estimate of drug-likeness (QED) is 0.837. The zero-order chi connectivity index (χ0) is 12.3. The van der Waals surface area contributed by atoms with Gasteiger partial charge in [0, 0.05) is 13.1 Å². The number of nitriles is 1. The molecule has 0 unspecified atom stereocenters. The molecular formula is C13H15N3O.